The second-order valence-electron chi connectivity index (χ2n) is 33.9. The zero-order valence-corrected chi connectivity index (χ0v) is 77.4. The summed E-state index contributed by atoms with van der Waals surface area (Å²) in [5, 5.41) is 28.0. The molecule has 0 aliphatic carbocycles. The van der Waals surface area contributed by atoms with Crippen LogP contribution in [0.5, 0.6) is 34.5 Å². The normalized spacial score (nSPS) is 13.2. The third-order valence-electron chi connectivity index (χ3n) is 26.9. The number of nitrogens with zero attached hydrogens (tertiary/aromatic N) is 3. The van der Waals surface area contributed by atoms with Crippen LogP contribution in [0, 0.1) is 0 Å². The molecule has 15 aromatic carbocycles. The Bertz CT molecular complexity index is 7160. The maximum atomic E-state index is 6.50. The molecule has 0 bridgehead atoms. The van der Waals surface area contributed by atoms with E-state index in [0.29, 0.717) is 33.0 Å². The zero-order valence-electron chi connectivity index (χ0n) is 77.4. The Morgan fingerprint density at radius 1 is 0.230 bits per heavy atom. The first kappa shape index (κ1) is 86.8. The quantitative estimate of drug-likeness (QED) is 0.0324. The largest absolute Gasteiger partial charge is 0.496 e. The highest BCUT2D eigenvalue weighted by Gasteiger charge is 2.36. The number of hydrogen-bond acceptors (Lipinski definition) is 9. The minimum absolute atomic E-state index is 0.569. The van der Waals surface area contributed by atoms with Gasteiger partial charge in [-0.05, 0) is 251 Å². The van der Waals surface area contributed by atoms with Gasteiger partial charge in [-0.25, -0.2) is 0 Å². The Morgan fingerprint density at radius 3 is 0.746 bits per heavy atom. The molecule has 3 heterocycles. The van der Waals surface area contributed by atoms with E-state index in [1.165, 1.54) is 86.5 Å². The highest BCUT2D eigenvalue weighted by atomic mass is 16.5. The average molecular weight is 1670 g/mol. The lowest BCUT2D eigenvalue weighted by Gasteiger charge is -2.35. The average Bonchev–Trinajstić information content (AvgIpc) is 0.694. The summed E-state index contributed by atoms with van der Waals surface area (Å²) < 4.78 is 38.6. The van der Waals surface area contributed by atoms with E-state index in [4.69, 9.17) is 28.4 Å². The van der Waals surface area contributed by atoms with E-state index < -0.39 is 0 Å². The third kappa shape index (κ3) is 13.2. The van der Waals surface area contributed by atoms with E-state index >= 15 is 0 Å². The van der Waals surface area contributed by atoms with E-state index in [-0.39, 0.29) is 0 Å². The van der Waals surface area contributed by atoms with Crippen LogP contribution in [-0.4, -0.2) is 74.5 Å². The third-order valence-corrected chi connectivity index (χ3v) is 26.9. The van der Waals surface area contributed by atoms with Gasteiger partial charge < -0.3 is 43.1 Å². The highest BCUT2D eigenvalue weighted by molar-refractivity contribution is 6.42. The van der Waals surface area contributed by atoms with Crippen molar-refractivity contribution in [1.82, 2.24) is 14.7 Å². The Balaban J connectivity index is 0.000000139. The fraction of sp³-hybridized carbons (Fsp3) is 0.282. The van der Waals surface area contributed by atoms with Crippen LogP contribution in [0.15, 0.2) is 188 Å². The first-order chi connectivity index (χ1) is 61.0. The molecule has 0 radical (unpaired) electrons. The summed E-state index contributed by atoms with van der Waals surface area (Å²) in [7, 11) is 1.78. The molecule has 9 heteroatoms. The fourth-order valence-electron chi connectivity index (χ4n) is 21.4. The summed E-state index contributed by atoms with van der Waals surface area (Å²) in [6.07, 6.45) is 9.55. The van der Waals surface area contributed by atoms with Gasteiger partial charge in [0.1, 0.15) is 34.5 Å². The van der Waals surface area contributed by atoms with Crippen molar-refractivity contribution < 1.29 is 28.4 Å². The molecule has 0 amide bonds. The van der Waals surface area contributed by atoms with Gasteiger partial charge in [-0.1, -0.05) is 219 Å². The maximum Gasteiger partial charge on any atom is 0.128 e. The first-order valence-corrected chi connectivity index (χ1v) is 46.1. The summed E-state index contributed by atoms with van der Waals surface area (Å²) in [6, 6.07) is 40.3. The van der Waals surface area contributed by atoms with Gasteiger partial charge in [0.05, 0.1) is 40.1 Å². The Kier molecular flexibility index (Phi) is 23.9. The van der Waals surface area contributed by atoms with E-state index in [1.807, 2.05) is 0 Å². The first-order valence-electron chi connectivity index (χ1n) is 46.1. The van der Waals surface area contributed by atoms with Crippen LogP contribution in [0.1, 0.15) is 228 Å². The van der Waals surface area contributed by atoms with Crippen molar-refractivity contribution in [1.29, 1.82) is 0 Å². The standard InChI is InChI=1S/3C39H41NO2/c1-10-14-22(5)26-16-18-29-37-33(42-13-4)21-31-25(8)40(12-3)24(7)27-17-19-28(39(37)35(27)31)36-32(41-9)20-30(23(6)15-11-2)34(26)38(29)36;1-10-15-23(7)31-21-33(42-14-5)38-29-19-17-27-25(9)40(12-3)24(8)26-16-18-28(35(29)34(26)27)37-32(41-13-4)20-30(22(6)11-2)36(31)39(37)38;1-10-15-23(7)26-16-18-28-37-33(42-14-5)21-31-25(9)40(12-3)24(8)27-17-19-29(39(37)35(27)31)36-32(41-13-4)20-30(22(6)11-2)34(26)38(28)36/h16-21H,5-8,10-15H2,1-4,9H3;2*16-21H,6-15H2,1-5H3. The molecule has 0 spiro atoms. The molecule has 3 aliphatic heterocycles. The number of benzene rings is 15. The van der Waals surface area contributed by atoms with Gasteiger partial charge in [0.25, 0.3) is 0 Å². The summed E-state index contributed by atoms with van der Waals surface area (Å²) in [5.74, 6) is 5.28. The van der Waals surface area contributed by atoms with Gasteiger partial charge in [-0.15, -0.1) is 0 Å². The number of fused-ring (bicyclic) bond motifs is 6. The minimum atomic E-state index is 0.569. The van der Waals surface area contributed by atoms with Gasteiger partial charge in [0.15, 0.2) is 0 Å². The Hall–Kier alpha value is -12.7. The second-order valence-corrected chi connectivity index (χ2v) is 33.9. The fourth-order valence-corrected chi connectivity index (χ4v) is 21.4. The molecule has 15 aromatic rings. The molecular weight excluding hydrogens is 1540 g/mol. The van der Waals surface area contributed by atoms with Gasteiger partial charge >= 0.3 is 0 Å². The van der Waals surface area contributed by atoms with Crippen LogP contribution < -0.4 is 28.4 Å². The number of ether oxygens (including phenoxy) is 6. The molecule has 0 aromatic heterocycles. The summed E-state index contributed by atoms with van der Waals surface area (Å²) in [4.78, 5) is 6.61. The van der Waals surface area contributed by atoms with Gasteiger partial charge in [0, 0.05) is 163 Å². The van der Waals surface area contributed by atoms with E-state index in [9.17, 15) is 0 Å². The molecular formula is C117H123N3O6. The molecule has 642 valence electrons. The zero-order chi connectivity index (χ0) is 89.6. The predicted molar refractivity (Wildman–Crippen MR) is 551 cm³/mol. The lowest BCUT2D eigenvalue weighted by atomic mass is 9.80. The minimum Gasteiger partial charge on any atom is -0.496 e. The molecule has 3 aliphatic rings. The molecule has 0 atom stereocenters. The van der Waals surface area contributed by atoms with Crippen molar-refractivity contribution in [3.05, 3.63) is 255 Å². The lowest BCUT2D eigenvalue weighted by Crippen LogP contribution is -2.23. The lowest BCUT2D eigenvalue weighted by molar-refractivity contribution is 0.343. The van der Waals surface area contributed by atoms with Crippen molar-refractivity contribution in [2.45, 2.75) is 161 Å². The van der Waals surface area contributed by atoms with Crippen LogP contribution in [-0.2, 0) is 0 Å². The molecule has 126 heavy (non-hydrogen) atoms. The van der Waals surface area contributed by atoms with Crippen molar-refractivity contribution >= 4 is 197 Å². The molecule has 0 saturated carbocycles. The number of methoxy groups -OCH3 is 1. The summed E-state index contributed by atoms with van der Waals surface area (Å²) >= 11 is 0. The Labute approximate surface area is 745 Å². The van der Waals surface area contributed by atoms with Gasteiger partial charge in [-0.2, -0.15) is 0 Å². The predicted octanol–water partition coefficient (Wildman–Crippen LogP) is 33.1. The molecule has 0 N–H and O–H groups in total. The van der Waals surface area contributed by atoms with E-state index in [0.717, 1.165) is 295 Å². The monoisotopic (exact) mass is 1670 g/mol. The van der Waals surface area contributed by atoms with Crippen molar-refractivity contribution in [2.75, 3.05) is 59.8 Å². The number of rotatable bonds is 30. The molecule has 0 unspecified atom stereocenters. The van der Waals surface area contributed by atoms with E-state index in [1.54, 1.807) is 7.11 Å². The van der Waals surface area contributed by atoms with Gasteiger partial charge in [0.2, 0.25) is 0 Å². The molecule has 0 fully saturated rings. The summed E-state index contributed by atoms with van der Waals surface area (Å²) in [6.45, 7) is 89.5. The van der Waals surface area contributed by atoms with Crippen molar-refractivity contribution in [3.8, 4) is 34.5 Å². The van der Waals surface area contributed by atoms with Crippen LogP contribution in [0.4, 0.5) is 0 Å². The topological polar surface area (TPSA) is 65.1 Å². The molecule has 18 rings (SSSR count). The smallest absolute Gasteiger partial charge is 0.128 e. The summed E-state index contributed by atoms with van der Waals surface area (Å²) in [5.41, 5.74) is 26.3. The maximum absolute atomic E-state index is 6.50. The highest BCUT2D eigenvalue weighted by Crippen LogP contribution is 2.60. The number of hydrogen-bond donors (Lipinski definition) is 0. The second kappa shape index (κ2) is 34.7. The van der Waals surface area contributed by atoms with Crippen LogP contribution in [0.3, 0.4) is 0 Å². The Morgan fingerprint density at radius 2 is 0.460 bits per heavy atom. The van der Waals surface area contributed by atoms with Crippen molar-refractivity contribution in [2.24, 2.45) is 0 Å². The van der Waals surface area contributed by atoms with Crippen LogP contribution in [0.25, 0.3) is 197 Å². The van der Waals surface area contributed by atoms with Crippen LogP contribution in [0.2, 0.25) is 0 Å². The van der Waals surface area contributed by atoms with Gasteiger partial charge in [-0.3, -0.25) is 0 Å². The molecule has 0 saturated heterocycles. The SMILES string of the molecule is C=C(CC)c1cc(OCC)c2c3ccc4c5c(cc(OCC)c(c6ccc(C(=C)CCC)c1c62)c53)C(=C)N(CC)C4=C.C=C(CC)c1cc(OCC)c2c3ccc4c5c(ccc(c6c(OCC)cc(C(=C)CCC)c1c26)c53)C(=C)N(CC)C4=C.C=C(CCC)c1ccc2c3c(OCC)cc4c5c(ccc(c6c(OC)cc(C(=C)CCC)c1c26)c53)C(=C)N(CC)C4=C. The number of allylic oxidation sites excluding steroid dienone is 6. The van der Waals surface area contributed by atoms with Crippen molar-refractivity contribution in [3.63, 3.8) is 0 Å². The van der Waals surface area contributed by atoms with E-state index in [2.05, 4.69) is 300 Å². The molecule has 9 nitrogen and oxygen atoms in total. The van der Waals surface area contributed by atoms with Crippen LogP contribution >= 0.6 is 0 Å².